The molecule has 0 saturated heterocycles. The fourth-order valence-corrected chi connectivity index (χ4v) is 1.73. The second kappa shape index (κ2) is 6.01. The Morgan fingerprint density at radius 1 is 1.00 bits per heavy atom. The third kappa shape index (κ3) is 3.20. The Balaban J connectivity index is 2.15. The van der Waals surface area contributed by atoms with Gasteiger partial charge in [-0.2, -0.15) is 0 Å². The summed E-state index contributed by atoms with van der Waals surface area (Å²) in [5.41, 5.74) is 0.713. The van der Waals surface area contributed by atoms with Crippen LogP contribution in [0.25, 0.3) is 0 Å². The fraction of sp³-hybridized carbons (Fsp3) is 0.188. The molecule has 2 heteroatoms. The van der Waals surface area contributed by atoms with Gasteiger partial charge in [-0.25, -0.2) is 0 Å². The first-order valence-electron chi connectivity index (χ1n) is 6.16. The third-order valence-corrected chi connectivity index (χ3v) is 2.61. The van der Waals surface area contributed by atoms with Crippen molar-refractivity contribution in [2.75, 3.05) is 0 Å². The molecular weight excluding hydrogens is 224 g/mol. The molecule has 0 fully saturated rings. The Bertz CT molecular complexity index is 518. The van der Waals surface area contributed by atoms with Crippen LogP contribution in [0.15, 0.2) is 54.6 Å². The molecule has 2 rings (SSSR count). The van der Waals surface area contributed by atoms with E-state index in [1.807, 2.05) is 55.5 Å². The molecule has 0 bridgehead atoms. The van der Waals surface area contributed by atoms with E-state index in [9.17, 15) is 4.79 Å². The molecule has 0 aliphatic heterocycles. The molecule has 0 amide bonds. The smallest absolute Gasteiger partial charge is 0.162 e. The Labute approximate surface area is 107 Å². The molecule has 2 aromatic rings. The van der Waals surface area contributed by atoms with Gasteiger partial charge in [0, 0.05) is 12.0 Å². The minimum atomic E-state index is 0.163. The molecule has 0 spiro atoms. The van der Waals surface area contributed by atoms with Crippen LogP contribution in [0.1, 0.15) is 30.1 Å². The van der Waals surface area contributed by atoms with Gasteiger partial charge in [0.15, 0.2) is 5.78 Å². The molecule has 18 heavy (non-hydrogen) atoms. The second-order valence-corrected chi connectivity index (χ2v) is 4.12. The predicted octanol–water partition coefficient (Wildman–Crippen LogP) is 4.46. The van der Waals surface area contributed by atoms with Crippen LogP contribution in [0.5, 0.6) is 11.5 Å². The summed E-state index contributed by atoms with van der Waals surface area (Å²) in [7, 11) is 0. The summed E-state index contributed by atoms with van der Waals surface area (Å²) in [5.74, 6) is 1.64. The molecular formula is C16H16O2. The van der Waals surface area contributed by atoms with Crippen LogP contribution in [-0.4, -0.2) is 5.78 Å². The number of Topliss-reactive ketones (excluding diaryl/α,β-unsaturated/α-hetero) is 1. The lowest BCUT2D eigenvalue weighted by Gasteiger charge is -2.06. The van der Waals surface area contributed by atoms with Crippen LogP contribution in [0, 0.1) is 0 Å². The highest BCUT2D eigenvalue weighted by molar-refractivity contribution is 5.96. The molecule has 2 aromatic carbocycles. The van der Waals surface area contributed by atoms with Gasteiger partial charge in [0.05, 0.1) is 0 Å². The first-order valence-corrected chi connectivity index (χ1v) is 6.16. The first-order chi connectivity index (χ1) is 8.79. The van der Waals surface area contributed by atoms with Gasteiger partial charge >= 0.3 is 0 Å². The summed E-state index contributed by atoms with van der Waals surface area (Å²) in [4.78, 5) is 11.8. The summed E-state index contributed by atoms with van der Waals surface area (Å²) >= 11 is 0. The van der Waals surface area contributed by atoms with E-state index in [-0.39, 0.29) is 5.78 Å². The van der Waals surface area contributed by atoms with Crippen LogP contribution in [0.2, 0.25) is 0 Å². The van der Waals surface area contributed by atoms with Crippen molar-refractivity contribution < 1.29 is 9.53 Å². The van der Waals surface area contributed by atoms with E-state index in [2.05, 4.69) is 0 Å². The predicted molar refractivity (Wildman–Crippen MR) is 72.2 cm³/mol. The van der Waals surface area contributed by atoms with E-state index in [0.29, 0.717) is 17.7 Å². The highest BCUT2D eigenvalue weighted by atomic mass is 16.5. The van der Waals surface area contributed by atoms with Crippen molar-refractivity contribution >= 4 is 5.78 Å². The highest BCUT2D eigenvalue weighted by Crippen LogP contribution is 2.22. The summed E-state index contributed by atoms with van der Waals surface area (Å²) < 4.78 is 5.70. The van der Waals surface area contributed by atoms with Gasteiger partial charge in [0.2, 0.25) is 0 Å². The largest absolute Gasteiger partial charge is 0.457 e. The van der Waals surface area contributed by atoms with Gasteiger partial charge in [-0.3, -0.25) is 4.79 Å². The van der Waals surface area contributed by atoms with Crippen LogP contribution in [0.3, 0.4) is 0 Å². The van der Waals surface area contributed by atoms with Crippen molar-refractivity contribution in [3.8, 4) is 11.5 Å². The molecule has 0 aromatic heterocycles. The lowest BCUT2D eigenvalue weighted by atomic mass is 10.1. The van der Waals surface area contributed by atoms with Crippen molar-refractivity contribution in [1.82, 2.24) is 0 Å². The topological polar surface area (TPSA) is 26.3 Å². The molecule has 0 atom stereocenters. The zero-order valence-electron chi connectivity index (χ0n) is 10.4. The maximum atomic E-state index is 11.8. The van der Waals surface area contributed by atoms with Gasteiger partial charge in [-0.05, 0) is 30.7 Å². The van der Waals surface area contributed by atoms with Gasteiger partial charge in [-0.1, -0.05) is 37.3 Å². The van der Waals surface area contributed by atoms with Crippen LogP contribution in [0.4, 0.5) is 0 Å². The number of ether oxygens (including phenoxy) is 1. The Morgan fingerprint density at radius 2 is 1.72 bits per heavy atom. The highest BCUT2D eigenvalue weighted by Gasteiger charge is 2.06. The fourth-order valence-electron chi connectivity index (χ4n) is 1.73. The lowest BCUT2D eigenvalue weighted by Crippen LogP contribution is -1.98. The average Bonchev–Trinajstić information content (AvgIpc) is 2.40. The average molecular weight is 240 g/mol. The van der Waals surface area contributed by atoms with E-state index >= 15 is 0 Å². The first kappa shape index (κ1) is 12.4. The molecule has 0 unspecified atom stereocenters. The number of hydrogen-bond acceptors (Lipinski definition) is 2. The Hall–Kier alpha value is -2.09. The lowest BCUT2D eigenvalue weighted by molar-refractivity contribution is 0.0981. The second-order valence-electron chi connectivity index (χ2n) is 4.12. The molecule has 0 radical (unpaired) electrons. The number of para-hydroxylation sites is 1. The standard InChI is InChI=1S/C16H16O2/c1-2-7-16(17)13-8-6-11-15(12-13)18-14-9-4-3-5-10-14/h3-6,8-12H,2,7H2,1H3. The monoisotopic (exact) mass is 240 g/mol. The van der Waals surface area contributed by atoms with Gasteiger partial charge < -0.3 is 4.74 Å². The number of hydrogen-bond donors (Lipinski definition) is 0. The van der Waals surface area contributed by atoms with E-state index in [1.165, 1.54) is 0 Å². The van der Waals surface area contributed by atoms with Gasteiger partial charge in [-0.15, -0.1) is 0 Å². The Morgan fingerprint density at radius 3 is 2.44 bits per heavy atom. The van der Waals surface area contributed by atoms with Crippen LogP contribution >= 0.6 is 0 Å². The van der Waals surface area contributed by atoms with E-state index < -0.39 is 0 Å². The maximum absolute atomic E-state index is 11.8. The van der Waals surface area contributed by atoms with Crippen molar-refractivity contribution in [2.45, 2.75) is 19.8 Å². The number of carbonyl (C=O) groups is 1. The minimum absolute atomic E-state index is 0.163. The molecule has 2 nitrogen and oxygen atoms in total. The van der Waals surface area contributed by atoms with E-state index in [0.717, 1.165) is 12.2 Å². The van der Waals surface area contributed by atoms with Crippen LogP contribution in [-0.2, 0) is 0 Å². The number of rotatable bonds is 5. The van der Waals surface area contributed by atoms with Crippen molar-refractivity contribution in [3.63, 3.8) is 0 Å². The molecule has 0 aliphatic rings. The zero-order chi connectivity index (χ0) is 12.8. The number of ketones is 1. The number of carbonyl (C=O) groups excluding carboxylic acids is 1. The normalized spacial score (nSPS) is 10.1. The molecule has 92 valence electrons. The quantitative estimate of drug-likeness (QED) is 0.721. The molecule has 0 saturated carbocycles. The van der Waals surface area contributed by atoms with Crippen LogP contribution < -0.4 is 4.74 Å². The number of benzene rings is 2. The Kier molecular flexibility index (Phi) is 4.13. The van der Waals surface area contributed by atoms with E-state index in [1.54, 1.807) is 6.07 Å². The van der Waals surface area contributed by atoms with Gasteiger partial charge in [0.1, 0.15) is 11.5 Å². The summed E-state index contributed by atoms with van der Waals surface area (Å²) in [6.07, 6.45) is 1.44. The minimum Gasteiger partial charge on any atom is -0.457 e. The SMILES string of the molecule is CCCC(=O)c1cccc(Oc2ccccc2)c1. The van der Waals surface area contributed by atoms with E-state index in [4.69, 9.17) is 4.74 Å². The third-order valence-electron chi connectivity index (χ3n) is 2.61. The van der Waals surface area contributed by atoms with Crippen molar-refractivity contribution in [2.24, 2.45) is 0 Å². The summed E-state index contributed by atoms with van der Waals surface area (Å²) in [6.45, 7) is 2.00. The maximum Gasteiger partial charge on any atom is 0.162 e. The molecule has 0 heterocycles. The summed E-state index contributed by atoms with van der Waals surface area (Å²) in [5, 5.41) is 0. The zero-order valence-corrected chi connectivity index (χ0v) is 10.4. The van der Waals surface area contributed by atoms with Crippen molar-refractivity contribution in [3.05, 3.63) is 60.2 Å². The van der Waals surface area contributed by atoms with Gasteiger partial charge in [0.25, 0.3) is 0 Å². The molecule has 0 aliphatic carbocycles. The molecule has 0 N–H and O–H groups in total. The summed E-state index contributed by atoms with van der Waals surface area (Å²) in [6, 6.07) is 16.9. The van der Waals surface area contributed by atoms with Crippen molar-refractivity contribution in [1.29, 1.82) is 0 Å².